The van der Waals surface area contributed by atoms with Crippen LogP contribution in [0, 0.1) is 0 Å². The average molecular weight is 294 g/mol. The summed E-state index contributed by atoms with van der Waals surface area (Å²) in [4.78, 5) is 12.3. The molecule has 1 heterocycles. The molecule has 2 aromatic rings. The summed E-state index contributed by atoms with van der Waals surface area (Å²) in [5.41, 5.74) is 7.80. The van der Waals surface area contributed by atoms with Crippen molar-refractivity contribution in [3.05, 3.63) is 50.9 Å². The number of hydrogen-bond donors (Lipinski definition) is 1. The van der Waals surface area contributed by atoms with E-state index in [-0.39, 0.29) is 11.0 Å². The molecule has 0 aliphatic rings. The molecule has 108 valence electrons. The van der Waals surface area contributed by atoms with Crippen molar-refractivity contribution in [3.8, 4) is 0 Å². The van der Waals surface area contributed by atoms with Crippen LogP contribution in [0.1, 0.15) is 32.0 Å². The molecule has 0 atom stereocenters. The van der Waals surface area contributed by atoms with Gasteiger partial charge in [-0.25, -0.2) is 4.68 Å². The summed E-state index contributed by atoms with van der Waals surface area (Å²) in [6, 6.07) is 7.49. The number of nitrogen functional groups attached to an aromatic ring is 1. The highest BCUT2D eigenvalue weighted by Crippen LogP contribution is 2.25. The Morgan fingerprint density at radius 2 is 1.95 bits per heavy atom. The summed E-state index contributed by atoms with van der Waals surface area (Å²) < 4.78 is 3.49. The quantitative estimate of drug-likeness (QED) is 0.925. The lowest BCUT2D eigenvalue weighted by atomic mass is 9.91. The zero-order chi connectivity index (χ0) is 15.1. The van der Waals surface area contributed by atoms with Crippen LogP contribution >= 0.6 is 11.6 Å². The fourth-order valence-corrected chi connectivity index (χ4v) is 2.76. The highest BCUT2D eigenvalue weighted by atomic mass is 35.5. The maximum Gasteiger partial charge on any atom is 0.290 e. The van der Waals surface area contributed by atoms with Crippen LogP contribution in [0.3, 0.4) is 0 Å². The third-order valence-corrected chi connectivity index (χ3v) is 3.57. The smallest absolute Gasteiger partial charge is 0.290 e. The SMILES string of the molecule is Cn1c(C(C)(C)C)c(N)c(=O)n1Cc1cccc(Cl)c1. The van der Waals surface area contributed by atoms with Crippen LogP contribution in [0.4, 0.5) is 5.69 Å². The number of nitrogens with zero attached hydrogens (tertiary/aromatic N) is 2. The summed E-state index contributed by atoms with van der Waals surface area (Å²) >= 11 is 5.98. The van der Waals surface area contributed by atoms with Gasteiger partial charge in [0.2, 0.25) is 0 Å². The lowest BCUT2D eigenvalue weighted by Gasteiger charge is -2.21. The number of hydrogen-bond acceptors (Lipinski definition) is 2. The lowest BCUT2D eigenvalue weighted by Crippen LogP contribution is -2.24. The molecule has 5 heteroatoms. The number of anilines is 1. The van der Waals surface area contributed by atoms with Crippen molar-refractivity contribution in [3.63, 3.8) is 0 Å². The number of nitrogens with two attached hydrogens (primary N) is 1. The van der Waals surface area contributed by atoms with E-state index in [1.54, 1.807) is 4.68 Å². The molecule has 0 radical (unpaired) electrons. The number of benzene rings is 1. The van der Waals surface area contributed by atoms with E-state index in [4.69, 9.17) is 17.3 Å². The molecule has 0 aliphatic heterocycles. The second-order valence-electron chi connectivity index (χ2n) is 6.03. The normalized spacial score (nSPS) is 11.8. The Morgan fingerprint density at radius 3 is 2.45 bits per heavy atom. The Morgan fingerprint density at radius 1 is 1.30 bits per heavy atom. The monoisotopic (exact) mass is 293 g/mol. The van der Waals surface area contributed by atoms with Crippen LogP contribution in [-0.4, -0.2) is 9.36 Å². The Balaban J connectivity index is 2.52. The molecule has 1 aromatic heterocycles. The first-order valence-corrected chi connectivity index (χ1v) is 6.90. The highest BCUT2D eigenvalue weighted by molar-refractivity contribution is 6.30. The van der Waals surface area contributed by atoms with Crippen LogP contribution in [0.2, 0.25) is 5.02 Å². The summed E-state index contributed by atoms with van der Waals surface area (Å²) in [5, 5.41) is 0.661. The van der Waals surface area contributed by atoms with E-state index in [0.717, 1.165) is 11.3 Å². The molecule has 0 saturated carbocycles. The molecule has 0 aliphatic carbocycles. The first-order chi connectivity index (χ1) is 9.21. The summed E-state index contributed by atoms with van der Waals surface area (Å²) in [5.74, 6) is 0. The van der Waals surface area contributed by atoms with Crippen LogP contribution < -0.4 is 11.3 Å². The van der Waals surface area contributed by atoms with Crippen LogP contribution in [0.15, 0.2) is 29.1 Å². The predicted molar refractivity (Wildman–Crippen MR) is 83.3 cm³/mol. The number of aromatic nitrogens is 2. The van der Waals surface area contributed by atoms with Gasteiger partial charge in [0.05, 0.1) is 12.2 Å². The Kier molecular flexibility index (Phi) is 3.69. The van der Waals surface area contributed by atoms with E-state index in [1.807, 2.05) is 56.8 Å². The van der Waals surface area contributed by atoms with Crippen LogP contribution in [0.5, 0.6) is 0 Å². The van der Waals surface area contributed by atoms with E-state index >= 15 is 0 Å². The molecule has 1 aromatic carbocycles. The molecule has 0 spiro atoms. The zero-order valence-corrected chi connectivity index (χ0v) is 13.0. The second-order valence-corrected chi connectivity index (χ2v) is 6.47. The number of halogens is 1. The average Bonchev–Trinajstić information content (AvgIpc) is 2.53. The van der Waals surface area contributed by atoms with Crippen molar-refractivity contribution < 1.29 is 0 Å². The molecule has 20 heavy (non-hydrogen) atoms. The zero-order valence-electron chi connectivity index (χ0n) is 12.3. The van der Waals surface area contributed by atoms with Gasteiger partial charge in [0, 0.05) is 17.5 Å². The molecule has 0 unspecified atom stereocenters. The summed E-state index contributed by atoms with van der Waals surface area (Å²) in [7, 11) is 1.86. The van der Waals surface area contributed by atoms with Crippen molar-refractivity contribution in [2.75, 3.05) is 5.73 Å². The molecule has 0 bridgehead atoms. The standard InChI is InChI=1S/C15H20ClN3O/c1-15(2,3)13-12(17)14(20)19(18(13)4)9-10-6-5-7-11(16)8-10/h5-8H,9,17H2,1-4H3. The lowest BCUT2D eigenvalue weighted by molar-refractivity contribution is 0.461. The van der Waals surface area contributed by atoms with Gasteiger partial charge in [-0.2, -0.15) is 0 Å². The highest BCUT2D eigenvalue weighted by Gasteiger charge is 2.25. The molecule has 2 rings (SSSR count). The number of rotatable bonds is 2. The van der Waals surface area contributed by atoms with Crippen molar-refractivity contribution in [2.45, 2.75) is 32.7 Å². The molecule has 0 fully saturated rings. The summed E-state index contributed by atoms with van der Waals surface area (Å²) in [6.07, 6.45) is 0. The minimum absolute atomic E-state index is 0.155. The second kappa shape index (κ2) is 5.02. The van der Waals surface area contributed by atoms with Gasteiger partial charge >= 0.3 is 0 Å². The molecular formula is C15H20ClN3O. The maximum absolute atomic E-state index is 12.3. The van der Waals surface area contributed by atoms with E-state index < -0.39 is 0 Å². The molecular weight excluding hydrogens is 274 g/mol. The van der Waals surface area contributed by atoms with Gasteiger partial charge in [-0.05, 0) is 17.7 Å². The van der Waals surface area contributed by atoms with E-state index in [9.17, 15) is 4.79 Å². The van der Waals surface area contributed by atoms with Gasteiger partial charge in [-0.3, -0.25) is 9.48 Å². The van der Waals surface area contributed by atoms with Crippen molar-refractivity contribution in [1.29, 1.82) is 0 Å². The molecule has 0 amide bonds. The fraction of sp³-hybridized carbons (Fsp3) is 0.400. The maximum atomic E-state index is 12.3. The molecule has 0 saturated heterocycles. The van der Waals surface area contributed by atoms with Gasteiger partial charge in [0.1, 0.15) is 5.69 Å². The first-order valence-electron chi connectivity index (χ1n) is 6.52. The van der Waals surface area contributed by atoms with E-state index in [2.05, 4.69) is 0 Å². The van der Waals surface area contributed by atoms with Crippen molar-refractivity contribution in [1.82, 2.24) is 9.36 Å². The van der Waals surface area contributed by atoms with E-state index in [1.165, 1.54) is 0 Å². The fourth-order valence-electron chi connectivity index (χ4n) is 2.55. The van der Waals surface area contributed by atoms with Gasteiger partial charge in [0.15, 0.2) is 0 Å². The largest absolute Gasteiger partial charge is 0.393 e. The third-order valence-electron chi connectivity index (χ3n) is 3.34. The third kappa shape index (κ3) is 2.61. The van der Waals surface area contributed by atoms with Crippen molar-refractivity contribution in [2.24, 2.45) is 7.05 Å². The van der Waals surface area contributed by atoms with E-state index in [0.29, 0.717) is 17.3 Å². The first kappa shape index (κ1) is 14.7. The Bertz CT molecular complexity index is 692. The predicted octanol–water partition coefficient (Wildman–Crippen LogP) is 2.77. The Hall–Kier alpha value is -1.68. The Labute approximate surface area is 123 Å². The van der Waals surface area contributed by atoms with Gasteiger partial charge in [-0.1, -0.05) is 44.5 Å². The van der Waals surface area contributed by atoms with Gasteiger partial charge in [0.25, 0.3) is 5.56 Å². The van der Waals surface area contributed by atoms with Gasteiger partial charge < -0.3 is 5.73 Å². The van der Waals surface area contributed by atoms with Crippen LogP contribution in [0.25, 0.3) is 0 Å². The van der Waals surface area contributed by atoms with Crippen LogP contribution in [-0.2, 0) is 19.0 Å². The van der Waals surface area contributed by atoms with Crippen molar-refractivity contribution >= 4 is 17.3 Å². The van der Waals surface area contributed by atoms with Gasteiger partial charge in [-0.15, -0.1) is 0 Å². The summed E-state index contributed by atoms with van der Waals surface area (Å²) in [6.45, 7) is 6.59. The topological polar surface area (TPSA) is 52.9 Å². The molecule has 2 N–H and O–H groups in total. The molecule has 4 nitrogen and oxygen atoms in total. The minimum Gasteiger partial charge on any atom is -0.393 e. The minimum atomic E-state index is -0.183.